The van der Waals surface area contributed by atoms with Gasteiger partial charge in [-0.05, 0) is 19.3 Å². The van der Waals surface area contributed by atoms with Gasteiger partial charge in [0.2, 0.25) is 0 Å². The summed E-state index contributed by atoms with van der Waals surface area (Å²) in [6.07, 6.45) is 42.9. The van der Waals surface area contributed by atoms with Crippen molar-refractivity contribution >= 4 is 11.9 Å². The Labute approximate surface area is 276 Å². The lowest BCUT2D eigenvalue weighted by atomic mass is 10.0. The van der Waals surface area contributed by atoms with Gasteiger partial charge in [0.25, 0.3) is 0 Å². The Morgan fingerprint density at radius 2 is 0.614 bits per heavy atom. The van der Waals surface area contributed by atoms with E-state index in [1.165, 1.54) is 180 Å². The molecule has 0 atom stereocenters. The lowest BCUT2D eigenvalue weighted by Crippen LogP contribution is -2.05. The molecule has 0 radical (unpaired) electrons. The van der Waals surface area contributed by atoms with Crippen molar-refractivity contribution < 1.29 is 19.4 Å². The Kier molecular flexibility index (Phi) is 43.0. The van der Waals surface area contributed by atoms with Crippen molar-refractivity contribution in [2.75, 3.05) is 6.61 Å². The van der Waals surface area contributed by atoms with E-state index in [1.807, 2.05) is 0 Å². The number of hydrogen-bond acceptors (Lipinski definition) is 3. The van der Waals surface area contributed by atoms with Gasteiger partial charge in [-0.15, -0.1) is 0 Å². The first-order chi connectivity index (χ1) is 21.6. The van der Waals surface area contributed by atoms with E-state index in [-0.39, 0.29) is 5.97 Å². The molecule has 0 aliphatic carbocycles. The van der Waals surface area contributed by atoms with Crippen LogP contribution in [0.5, 0.6) is 0 Å². The van der Waals surface area contributed by atoms with E-state index in [9.17, 15) is 9.59 Å². The van der Waals surface area contributed by atoms with Crippen molar-refractivity contribution in [2.24, 2.45) is 0 Å². The number of carboxylic acids is 1. The lowest BCUT2D eigenvalue weighted by molar-refractivity contribution is -0.144. The number of carboxylic acid groups (broad SMARTS) is 1. The molecule has 0 unspecified atom stereocenters. The SMILES string of the molecule is CCCCCCCCCCCCCCCC(=O)O.CCCCCCCCCCCCCCCCOC(=O)CCCCCCC. The fraction of sp³-hybridized carbons (Fsp3) is 0.950. The molecule has 44 heavy (non-hydrogen) atoms. The molecule has 0 aromatic rings. The van der Waals surface area contributed by atoms with Crippen molar-refractivity contribution in [3.8, 4) is 0 Å². The number of carbonyl (C=O) groups is 2. The van der Waals surface area contributed by atoms with Crippen molar-refractivity contribution in [2.45, 2.75) is 239 Å². The van der Waals surface area contributed by atoms with Crippen LogP contribution >= 0.6 is 0 Å². The quantitative estimate of drug-likeness (QED) is 0.0563. The van der Waals surface area contributed by atoms with Gasteiger partial charge in [-0.1, -0.05) is 207 Å². The van der Waals surface area contributed by atoms with Gasteiger partial charge in [-0.3, -0.25) is 9.59 Å². The summed E-state index contributed by atoms with van der Waals surface area (Å²) in [4.78, 5) is 21.9. The van der Waals surface area contributed by atoms with Crippen LogP contribution in [0.4, 0.5) is 0 Å². The van der Waals surface area contributed by atoms with E-state index in [0.717, 1.165) is 25.7 Å². The monoisotopic (exact) mass is 625 g/mol. The first kappa shape index (κ1) is 45.1. The van der Waals surface area contributed by atoms with Crippen LogP contribution in [-0.2, 0) is 14.3 Å². The third-order valence-corrected chi connectivity index (χ3v) is 8.74. The van der Waals surface area contributed by atoms with Crippen molar-refractivity contribution in [1.82, 2.24) is 0 Å². The minimum Gasteiger partial charge on any atom is -0.481 e. The van der Waals surface area contributed by atoms with E-state index < -0.39 is 5.97 Å². The number of ether oxygens (including phenoxy) is 1. The second-order valence-corrected chi connectivity index (χ2v) is 13.4. The van der Waals surface area contributed by atoms with Gasteiger partial charge in [-0.2, -0.15) is 0 Å². The topological polar surface area (TPSA) is 63.6 Å². The maximum Gasteiger partial charge on any atom is 0.305 e. The van der Waals surface area contributed by atoms with Gasteiger partial charge >= 0.3 is 11.9 Å². The van der Waals surface area contributed by atoms with Gasteiger partial charge in [0.05, 0.1) is 6.61 Å². The third kappa shape index (κ3) is 45.4. The average Bonchev–Trinajstić information content (AvgIpc) is 3.01. The van der Waals surface area contributed by atoms with E-state index in [1.54, 1.807) is 0 Å². The summed E-state index contributed by atoms with van der Waals surface area (Å²) in [5.41, 5.74) is 0. The smallest absolute Gasteiger partial charge is 0.305 e. The zero-order valence-electron chi connectivity index (χ0n) is 30.4. The summed E-state index contributed by atoms with van der Waals surface area (Å²) in [7, 11) is 0. The molecular formula is C40H80O4. The average molecular weight is 625 g/mol. The molecule has 0 bridgehead atoms. The number of hydrogen-bond donors (Lipinski definition) is 1. The van der Waals surface area contributed by atoms with E-state index >= 15 is 0 Å². The lowest BCUT2D eigenvalue weighted by Gasteiger charge is -2.05. The van der Waals surface area contributed by atoms with Crippen LogP contribution in [0.3, 0.4) is 0 Å². The van der Waals surface area contributed by atoms with E-state index in [0.29, 0.717) is 19.4 Å². The molecule has 0 heterocycles. The van der Waals surface area contributed by atoms with Crippen LogP contribution in [0.25, 0.3) is 0 Å². The van der Waals surface area contributed by atoms with E-state index in [2.05, 4.69) is 20.8 Å². The Morgan fingerprint density at radius 1 is 0.364 bits per heavy atom. The zero-order valence-corrected chi connectivity index (χ0v) is 30.4. The molecule has 4 nitrogen and oxygen atoms in total. The Bertz CT molecular complexity index is 547. The number of carbonyl (C=O) groups excluding carboxylic acids is 1. The molecule has 0 aliphatic heterocycles. The highest BCUT2D eigenvalue weighted by atomic mass is 16.5. The molecule has 264 valence electrons. The minimum absolute atomic E-state index is 0.0104. The van der Waals surface area contributed by atoms with Crippen molar-refractivity contribution in [3.63, 3.8) is 0 Å². The first-order valence-electron chi connectivity index (χ1n) is 20.0. The van der Waals surface area contributed by atoms with E-state index in [4.69, 9.17) is 9.84 Å². The third-order valence-electron chi connectivity index (χ3n) is 8.74. The molecule has 0 rings (SSSR count). The predicted molar refractivity (Wildman–Crippen MR) is 193 cm³/mol. The molecule has 0 aromatic heterocycles. The van der Waals surface area contributed by atoms with Crippen LogP contribution in [0, 0.1) is 0 Å². The zero-order chi connectivity index (χ0) is 32.6. The Morgan fingerprint density at radius 3 is 0.909 bits per heavy atom. The molecule has 0 spiro atoms. The highest BCUT2D eigenvalue weighted by molar-refractivity contribution is 5.69. The standard InChI is InChI=1S/C24H48O2.C16H32O2/c1-3-5-7-9-10-11-12-13-14-15-16-17-19-21-23-26-24(25)22-20-18-8-6-4-2;1-2-3-4-5-6-7-8-9-10-11-12-13-14-15-16(17)18/h3-23H2,1-2H3;2-15H2,1H3,(H,17,18). The summed E-state index contributed by atoms with van der Waals surface area (Å²) in [5, 5.41) is 8.49. The summed E-state index contributed by atoms with van der Waals surface area (Å²) < 4.78 is 5.32. The fourth-order valence-electron chi connectivity index (χ4n) is 5.72. The largest absolute Gasteiger partial charge is 0.481 e. The summed E-state index contributed by atoms with van der Waals surface area (Å²) in [6.45, 7) is 7.38. The minimum atomic E-state index is -0.655. The highest BCUT2D eigenvalue weighted by Gasteiger charge is 2.02. The van der Waals surface area contributed by atoms with Crippen LogP contribution in [0.15, 0.2) is 0 Å². The second kappa shape index (κ2) is 41.9. The van der Waals surface area contributed by atoms with Gasteiger partial charge in [0, 0.05) is 12.8 Å². The molecule has 0 fully saturated rings. The van der Waals surface area contributed by atoms with Crippen molar-refractivity contribution in [1.29, 1.82) is 0 Å². The molecule has 0 saturated carbocycles. The summed E-state index contributed by atoms with van der Waals surface area (Å²) >= 11 is 0. The summed E-state index contributed by atoms with van der Waals surface area (Å²) in [6, 6.07) is 0. The molecule has 0 saturated heterocycles. The highest BCUT2D eigenvalue weighted by Crippen LogP contribution is 2.14. The van der Waals surface area contributed by atoms with Gasteiger partial charge in [0.15, 0.2) is 0 Å². The molecule has 4 heteroatoms. The predicted octanol–water partition coefficient (Wildman–Crippen LogP) is 13.9. The molecule has 0 aromatic carbocycles. The molecule has 0 amide bonds. The number of rotatable bonds is 35. The second-order valence-electron chi connectivity index (χ2n) is 13.4. The summed E-state index contributed by atoms with van der Waals surface area (Å²) in [5.74, 6) is -0.644. The number of esters is 1. The van der Waals surface area contributed by atoms with Gasteiger partial charge < -0.3 is 9.84 Å². The number of unbranched alkanes of at least 4 members (excludes halogenated alkanes) is 29. The van der Waals surface area contributed by atoms with Crippen LogP contribution in [-0.4, -0.2) is 23.7 Å². The Balaban J connectivity index is 0. The molecular weight excluding hydrogens is 544 g/mol. The van der Waals surface area contributed by atoms with Crippen LogP contribution in [0.1, 0.15) is 239 Å². The maximum absolute atomic E-state index is 11.6. The Hall–Kier alpha value is -1.06. The van der Waals surface area contributed by atoms with Crippen molar-refractivity contribution in [3.05, 3.63) is 0 Å². The fourth-order valence-corrected chi connectivity index (χ4v) is 5.72. The molecule has 1 N–H and O–H groups in total. The van der Waals surface area contributed by atoms with Gasteiger partial charge in [0.1, 0.15) is 0 Å². The first-order valence-corrected chi connectivity index (χ1v) is 20.0. The van der Waals surface area contributed by atoms with Crippen LogP contribution < -0.4 is 0 Å². The molecule has 0 aliphatic rings. The number of aliphatic carboxylic acids is 1. The normalized spacial score (nSPS) is 10.9. The maximum atomic E-state index is 11.6. The van der Waals surface area contributed by atoms with Crippen LogP contribution in [0.2, 0.25) is 0 Å². The van der Waals surface area contributed by atoms with Gasteiger partial charge in [-0.25, -0.2) is 0 Å².